The zero-order valence-electron chi connectivity index (χ0n) is 12.1. The summed E-state index contributed by atoms with van der Waals surface area (Å²) in [7, 11) is -1.79. The van der Waals surface area contributed by atoms with E-state index in [2.05, 4.69) is 16.9 Å². The zero-order valence-corrected chi connectivity index (χ0v) is 12.9. The van der Waals surface area contributed by atoms with Crippen LogP contribution in [0.25, 0.3) is 0 Å². The predicted molar refractivity (Wildman–Crippen MR) is 79.2 cm³/mol. The van der Waals surface area contributed by atoms with Gasteiger partial charge in [0, 0.05) is 19.1 Å². The molecule has 0 saturated carbocycles. The Labute approximate surface area is 117 Å². The van der Waals surface area contributed by atoms with Gasteiger partial charge >= 0.3 is 0 Å². The first-order chi connectivity index (χ1) is 8.83. The lowest BCUT2D eigenvalue weighted by atomic mass is 10.1. The Morgan fingerprint density at radius 3 is 2.26 bits per heavy atom. The van der Waals surface area contributed by atoms with E-state index in [4.69, 9.17) is 0 Å². The van der Waals surface area contributed by atoms with Gasteiger partial charge in [0.15, 0.2) is 0 Å². The first-order valence-electron chi connectivity index (χ1n) is 6.62. The highest BCUT2D eigenvalue weighted by atomic mass is 32.2. The fourth-order valence-electron chi connectivity index (χ4n) is 1.70. The molecule has 0 bridgehead atoms. The highest BCUT2D eigenvalue weighted by Gasteiger charge is 2.22. The third-order valence-electron chi connectivity index (χ3n) is 3.17. The van der Waals surface area contributed by atoms with E-state index < -0.39 is 10.2 Å². The molecule has 0 saturated heterocycles. The fraction of sp³-hybridized carbons (Fsp3) is 0.571. The van der Waals surface area contributed by atoms with Crippen LogP contribution in [0.4, 0.5) is 0 Å². The second-order valence-electron chi connectivity index (χ2n) is 5.16. The van der Waals surface area contributed by atoms with E-state index in [1.54, 1.807) is 7.05 Å². The molecular weight excluding hydrogens is 260 g/mol. The van der Waals surface area contributed by atoms with Gasteiger partial charge in [-0.15, -0.1) is 0 Å². The summed E-state index contributed by atoms with van der Waals surface area (Å²) in [6, 6.07) is 9.97. The van der Waals surface area contributed by atoms with Gasteiger partial charge in [-0.3, -0.25) is 0 Å². The SMILES string of the molecule is CC(CCc1ccccc1)NS(=O)(=O)N(C)C(C)C. The molecule has 0 aliphatic rings. The van der Waals surface area contributed by atoms with E-state index in [1.165, 1.54) is 9.87 Å². The molecule has 108 valence electrons. The van der Waals surface area contributed by atoms with Gasteiger partial charge in [-0.1, -0.05) is 30.3 Å². The van der Waals surface area contributed by atoms with Crippen LogP contribution in [0.5, 0.6) is 0 Å². The van der Waals surface area contributed by atoms with Crippen molar-refractivity contribution in [1.29, 1.82) is 0 Å². The molecule has 0 aliphatic heterocycles. The lowest BCUT2D eigenvalue weighted by Gasteiger charge is -2.23. The predicted octanol–water partition coefficient (Wildman–Crippen LogP) is 2.18. The van der Waals surface area contributed by atoms with Crippen molar-refractivity contribution < 1.29 is 8.42 Å². The number of benzene rings is 1. The van der Waals surface area contributed by atoms with E-state index in [0.717, 1.165) is 12.8 Å². The minimum absolute atomic E-state index is 0.0428. The number of nitrogens with one attached hydrogen (secondary N) is 1. The molecule has 1 unspecified atom stereocenters. The average Bonchev–Trinajstić information content (AvgIpc) is 2.36. The molecule has 0 radical (unpaired) electrons. The van der Waals surface area contributed by atoms with Crippen LogP contribution in [-0.4, -0.2) is 31.9 Å². The standard InChI is InChI=1S/C14H24N2O2S/c1-12(2)16(4)19(17,18)15-13(3)10-11-14-8-6-5-7-9-14/h5-9,12-13,15H,10-11H2,1-4H3. The van der Waals surface area contributed by atoms with Crippen LogP contribution in [0.3, 0.4) is 0 Å². The maximum Gasteiger partial charge on any atom is 0.279 e. The largest absolute Gasteiger partial charge is 0.279 e. The Balaban J connectivity index is 2.49. The third kappa shape index (κ3) is 5.30. The number of hydrogen-bond donors (Lipinski definition) is 1. The molecule has 5 heteroatoms. The molecule has 1 N–H and O–H groups in total. The Morgan fingerprint density at radius 2 is 1.74 bits per heavy atom. The van der Waals surface area contributed by atoms with Crippen LogP contribution in [0.1, 0.15) is 32.8 Å². The van der Waals surface area contributed by atoms with Crippen LogP contribution in [0.2, 0.25) is 0 Å². The zero-order chi connectivity index (χ0) is 14.5. The molecule has 0 spiro atoms. The monoisotopic (exact) mass is 284 g/mol. The Kier molecular flexibility index (Phi) is 5.97. The number of hydrogen-bond acceptors (Lipinski definition) is 2. The highest BCUT2D eigenvalue weighted by molar-refractivity contribution is 7.87. The quantitative estimate of drug-likeness (QED) is 0.834. The Morgan fingerprint density at radius 1 is 1.16 bits per heavy atom. The fourth-order valence-corrected chi connectivity index (χ4v) is 3.05. The normalized spacial score (nSPS) is 14.0. The minimum Gasteiger partial charge on any atom is -0.199 e. The van der Waals surface area contributed by atoms with E-state index in [1.807, 2.05) is 39.0 Å². The molecular formula is C14H24N2O2S. The third-order valence-corrected chi connectivity index (χ3v) is 5.05. The molecule has 1 aromatic rings. The summed E-state index contributed by atoms with van der Waals surface area (Å²) in [6.07, 6.45) is 1.66. The van der Waals surface area contributed by atoms with Crippen molar-refractivity contribution in [2.45, 2.75) is 45.7 Å². The Hall–Kier alpha value is -0.910. The lowest BCUT2D eigenvalue weighted by Crippen LogP contribution is -2.45. The second kappa shape index (κ2) is 7.03. The van der Waals surface area contributed by atoms with Gasteiger partial charge in [-0.05, 0) is 39.2 Å². The molecule has 0 aromatic heterocycles. The first-order valence-corrected chi connectivity index (χ1v) is 8.06. The van der Waals surface area contributed by atoms with E-state index in [-0.39, 0.29) is 12.1 Å². The van der Waals surface area contributed by atoms with E-state index in [9.17, 15) is 8.42 Å². The van der Waals surface area contributed by atoms with Gasteiger partial charge in [0.25, 0.3) is 10.2 Å². The van der Waals surface area contributed by atoms with Crippen LogP contribution < -0.4 is 4.72 Å². The molecule has 1 aromatic carbocycles. The van der Waals surface area contributed by atoms with Crippen LogP contribution in [0, 0.1) is 0 Å². The summed E-state index contributed by atoms with van der Waals surface area (Å²) in [6.45, 7) is 5.61. The Bertz CT molecular complexity index is 471. The van der Waals surface area contributed by atoms with E-state index >= 15 is 0 Å². The molecule has 4 nitrogen and oxygen atoms in total. The molecule has 0 fully saturated rings. The maximum absolute atomic E-state index is 12.0. The number of rotatable bonds is 7. The van der Waals surface area contributed by atoms with E-state index in [0.29, 0.717) is 0 Å². The molecule has 1 rings (SSSR count). The lowest BCUT2D eigenvalue weighted by molar-refractivity contribution is 0.395. The summed E-state index contributed by atoms with van der Waals surface area (Å²) in [5, 5.41) is 0. The van der Waals surface area contributed by atoms with Crippen molar-refractivity contribution >= 4 is 10.2 Å². The van der Waals surface area contributed by atoms with Crippen molar-refractivity contribution in [3.05, 3.63) is 35.9 Å². The topological polar surface area (TPSA) is 49.4 Å². The smallest absolute Gasteiger partial charge is 0.199 e. The summed E-state index contributed by atoms with van der Waals surface area (Å²) >= 11 is 0. The number of nitrogens with zero attached hydrogens (tertiary/aromatic N) is 1. The molecule has 0 aliphatic carbocycles. The summed E-state index contributed by atoms with van der Waals surface area (Å²) in [5.41, 5.74) is 1.23. The summed E-state index contributed by atoms with van der Waals surface area (Å²) in [4.78, 5) is 0. The van der Waals surface area contributed by atoms with Gasteiger partial charge < -0.3 is 0 Å². The van der Waals surface area contributed by atoms with Crippen molar-refractivity contribution in [1.82, 2.24) is 9.03 Å². The van der Waals surface area contributed by atoms with Crippen LogP contribution in [-0.2, 0) is 16.6 Å². The second-order valence-corrected chi connectivity index (χ2v) is 6.92. The molecule has 1 atom stereocenters. The van der Waals surface area contributed by atoms with Crippen molar-refractivity contribution in [3.63, 3.8) is 0 Å². The van der Waals surface area contributed by atoms with Crippen molar-refractivity contribution in [2.75, 3.05) is 7.05 Å². The molecule has 0 amide bonds. The molecule has 19 heavy (non-hydrogen) atoms. The highest BCUT2D eigenvalue weighted by Crippen LogP contribution is 2.07. The van der Waals surface area contributed by atoms with Crippen molar-refractivity contribution in [2.24, 2.45) is 0 Å². The average molecular weight is 284 g/mol. The van der Waals surface area contributed by atoms with Crippen LogP contribution >= 0.6 is 0 Å². The summed E-state index contributed by atoms with van der Waals surface area (Å²) < 4.78 is 28.1. The van der Waals surface area contributed by atoms with Gasteiger partial charge in [0.2, 0.25) is 0 Å². The number of aryl methyl sites for hydroxylation is 1. The molecule has 0 heterocycles. The van der Waals surface area contributed by atoms with Gasteiger partial charge in [-0.2, -0.15) is 17.4 Å². The summed E-state index contributed by atoms with van der Waals surface area (Å²) in [5.74, 6) is 0. The minimum atomic E-state index is -3.38. The first kappa shape index (κ1) is 16.1. The van der Waals surface area contributed by atoms with Crippen molar-refractivity contribution in [3.8, 4) is 0 Å². The van der Waals surface area contributed by atoms with Crippen LogP contribution in [0.15, 0.2) is 30.3 Å². The van der Waals surface area contributed by atoms with Gasteiger partial charge in [0.05, 0.1) is 0 Å². The van der Waals surface area contributed by atoms with Gasteiger partial charge in [-0.25, -0.2) is 0 Å². The maximum atomic E-state index is 12.0. The van der Waals surface area contributed by atoms with Gasteiger partial charge in [0.1, 0.15) is 0 Å².